The van der Waals surface area contributed by atoms with Crippen molar-refractivity contribution in [1.82, 2.24) is 24.3 Å². The first kappa shape index (κ1) is 17.6. The molecule has 2 aromatic rings. The zero-order chi connectivity index (χ0) is 17.5. The van der Waals surface area contributed by atoms with Gasteiger partial charge in [0.1, 0.15) is 5.82 Å². The number of aromatic nitrogens is 3. The highest BCUT2D eigenvalue weighted by molar-refractivity contribution is 5.76. The summed E-state index contributed by atoms with van der Waals surface area (Å²) in [7, 11) is 0. The van der Waals surface area contributed by atoms with E-state index in [4.69, 9.17) is 0 Å². The topological polar surface area (TPSA) is 54.3 Å². The Morgan fingerprint density at radius 3 is 2.76 bits per heavy atom. The molecule has 1 fully saturated rings. The van der Waals surface area contributed by atoms with Crippen molar-refractivity contribution in [2.24, 2.45) is 0 Å². The van der Waals surface area contributed by atoms with Crippen molar-refractivity contribution in [2.45, 2.75) is 39.3 Å². The number of rotatable bonds is 6. The van der Waals surface area contributed by atoms with Crippen LogP contribution in [0.25, 0.3) is 0 Å². The molecular weight excluding hydrogens is 314 g/mol. The van der Waals surface area contributed by atoms with Crippen LogP contribution in [0.4, 0.5) is 0 Å². The van der Waals surface area contributed by atoms with Gasteiger partial charge in [-0.15, -0.1) is 0 Å². The molecule has 0 unspecified atom stereocenters. The Labute approximate surface area is 149 Å². The summed E-state index contributed by atoms with van der Waals surface area (Å²) in [6, 6.07) is 3.96. The zero-order valence-electron chi connectivity index (χ0n) is 15.0. The molecule has 0 aliphatic carbocycles. The van der Waals surface area contributed by atoms with Crippen LogP contribution in [0.3, 0.4) is 0 Å². The number of carbonyl (C=O) groups is 1. The summed E-state index contributed by atoms with van der Waals surface area (Å²) >= 11 is 0. The normalized spacial score (nSPS) is 16.0. The molecule has 3 rings (SSSR count). The Morgan fingerprint density at radius 1 is 1.12 bits per heavy atom. The number of hydrogen-bond acceptors (Lipinski definition) is 4. The molecule has 0 aromatic carbocycles. The number of amides is 1. The number of carbonyl (C=O) groups excluding carboxylic acids is 1. The molecule has 0 spiro atoms. The Balaban J connectivity index is 1.48. The van der Waals surface area contributed by atoms with E-state index in [9.17, 15) is 4.79 Å². The highest BCUT2D eigenvalue weighted by Gasteiger charge is 2.19. The molecule has 0 bridgehead atoms. The maximum Gasteiger partial charge on any atom is 0.222 e. The third kappa shape index (κ3) is 4.89. The maximum absolute atomic E-state index is 12.5. The molecule has 0 atom stereocenters. The molecule has 1 aliphatic heterocycles. The van der Waals surface area contributed by atoms with Gasteiger partial charge < -0.3 is 9.47 Å². The number of imidazole rings is 1. The fraction of sp³-hybridized carbons (Fsp3) is 0.526. The molecule has 0 radical (unpaired) electrons. The van der Waals surface area contributed by atoms with Crippen molar-refractivity contribution in [2.75, 3.05) is 26.2 Å². The predicted molar refractivity (Wildman–Crippen MR) is 96.9 cm³/mol. The lowest BCUT2D eigenvalue weighted by atomic mass is 10.1. The minimum absolute atomic E-state index is 0.258. The van der Waals surface area contributed by atoms with E-state index in [0.717, 1.165) is 57.9 Å². The number of aryl methyl sites for hydroxylation is 2. The van der Waals surface area contributed by atoms with Crippen molar-refractivity contribution in [3.8, 4) is 0 Å². The van der Waals surface area contributed by atoms with E-state index in [1.54, 1.807) is 12.4 Å². The van der Waals surface area contributed by atoms with Gasteiger partial charge in [-0.3, -0.25) is 14.7 Å². The quantitative estimate of drug-likeness (QED) is 0.806. The number of hydrogen-bond donors (Lipinski definition) is 0. The second-order valence-corrected chi connectivity index (χ2v) is 6.50. The van der Waals surface area contributed by atoms with Crippen molar-refractivity contribution < 1.29 is 4.79 Å². The zero-order valence-corrected chi connectivity index (χ0v) is 15.0. The molecule has 25 heavy (non-hydrogen) atoms. The fourth-order valence-corrected chi connectivity index (χ4v) is 3.32. The highest BCUT2D eigenvalue weighted by atomic mass is 16.2. The van der Waals surface area contributed by atoms with E-state index in [-0.39, 0.29) is 5.91 Å². The van der Waals surface area contributed by atoms with Gasteiger partial charge in [0.25, 0.3) is 0 Å². The van der Waals surface area contributed by atoms with Crippen LogP contribution in [-0.2, 0) is 24.3 Å². The molecule has 6 heteroatoms. The average molecular weight is 341 g/mol. The molecule has 0 N–H and O–H groups in total. The molecule has 3 heterocycles. The Morgan fingerprint density at radius 2 is 1.96 bits per heavy atom. The molecule has 1 aliphatic rings. The van der Waals surface area contributed by atoms with E-state index in [2.05, 4.69) is 26.4 Å². The van der Waals surface area contributed by atoms with Crippen molar-refractivity contribution in [1.29, 1.82) is 0 Å². The lowest BCUT2D eigenvalue weighted by Gasteiger charge is -2.22. The molecular formula is C19H27N5O. The van der Waals surface area contributed by atoms with E-state index in [1.165, 1.54) is 5.56 Å². The smallest absolute Gasteiger partial charge is 0.222 e. The first-order valence-electron chi connectivity index (χ1n) is 9.15. The molecule has 1 amide bonds. The number of pyridine rings is 1. The van der Waals surface area contributed by atoms with Crippen LogP contribution in [0, 0.1) is 0 Å². The summed E-state index contributed by atoms with van der Waals surface area (Å²) in [6.07, 6.45) is 9.84. The summed E-state index contributed by atoms with van der Waals surface area (Å²) in [6.45, 7) is 7.54. The second kappa shape index (κ2) is 8.76. The fourth-order valence-electron chi connectivity index (χ4n) is 3.32. The lowest BCUT2D eigenvalue weighted by Crippen LogP contribution is -2.35. The van der Waals surface area contributed by atoms with Crippen LogP contribution in [-0.4, -0.2) is 56.4 Å². The summed E-state index contributed by atoms with van der Waals surface area (Å²) in [5.41, 5.74) is 1.17. The minimum Gasteiger partial charge on any atom is -0.341 e. The van der Waals surface area contributed by atoms with Crippen molar-refractivity contribution in [3.63, 3.8) is 0 Å². The second-order valence-electron chi connectivity index (χ2n) is 6.50. The van der Waals surface area contributed by atoms with E-state index < -0.39 is 0 Å². The van der Waals surface area contributed by atoms with E-state index in [0.29, 0.717) is 6.42 Å². The van der Waals surface area contributed by atoms with Gasteiger partial charge in [0.15, 0.2) is 0 Å². The summed E-state index contributed by atoms with van der Waals surface area (Å²) in [5, 5.41) is 0. The van der Waals surface area contributed by atoms with Gasteiger partial charge in [0.2, 0.25) is 5.91 Å². The molecule has 0 saturated carbocycles. The third-order valence-electron chi connectivity index (χ3n) is 4.83. The largest absolute Gasteiger partial charge is 0.341 e. The molecule has 6 nitrogen and oxygen atoms in total. The van der Waals surface area contributed by atoms with Gasteiger partial charge in [-0.1, -0.05) is 0 Å². The molecule has 134 valence electrons. The van der Waals surface area contributed by atoms with E-state index in [1.807, 2.05) is 29.4 Å². The summed E-state index contributed by atoms with van der Waals surface area (Å²) < 4.78 is 2.18. The Hall–Kier alpha value is -2.21. The molecule has 1 saturated heterocycles. The van der Waals surface area contributed by atoms with Crippen LogP contribution in [0.2, 0.25) is 0 Å². The minimum atomic E-state index is 0.258. The summed E-state index contributed by atoms with van der Waals surface area (Å²) in [5.74, 6) is 1.37. The van der Waals surface area contributed by atoms with Gasteiger partial charge in [0.05, 0.1) is 6.54 Å². The number of nitrogens with zero attached hydrogens (tertiary/aromatic N) is 5. The van der Waals surface area contributed by atoms with E-state index >= 15 is 0 Å². The maximum atomic E-state index is 12.5. The van der Waals surface area contributed by atoms with Crippen LogP contribution < -0.4 is 0 Å². The SMILES string of the molecule is CCn1ccnc1CN1CCCN(C(=O)CCc2ccncc2)CC1. The van der Waals surface area contributed by atoms with Crippen molar-refractivity contribution in [3.05, 3.63) is 48.3 Å². The first-order chi connectivity index (χ1) is 12.3. The van der Waals surface area contributed by atoms with Crippen molar-refractivity contribution >= 4 is 5.91 Å². The van der Waals surface area contributed by atoms with Gasteiger partial charge in [-0.25, -0.2) is 4.98 Å². The van der Waals surface area contributed by atoms with Gasteiger partial charge in [-0.05, 0) is 37.5 Å². The van der Waals surface area contributed by atoms with Crippen LogP contribution in [0.5, 0.6) is 0 Å². The highest BCUT2D eigenvalue weighted by Crippen LogP contribution is 2.10. The average Bonchev–Trinajstić information content (AvgIpc) is 2.96. The summed E-state index contributed by atoms with van der Waals surface area (Å²) in [4.78, 5) is 25.4. The Bertz CT molecular complexity index is 669. The Kier molecular flexibility index (Phi) is 6.17. The monoisotopic (exact) mass is 341 g/mol. The lowest BCUT2D eigenvalue weighted by molar-refractivity contribution is -0.131. The third-order valence-corrected chi connectivity index (χ3v) is 4.83. The van der Waals surface area contributed by atoms with Crippen LogP contribution >= 0.6 is 0 Å². The van der Waals surface area contributed by atoms with Gasteiger partial charge in [-0.2, -0.15) is 0 Å². The molecule has 2 aromatic heterocycles. The van der Waals surface area contributed by atoms with Gasteiger partial charge in [0, 0.05) is 63.9 Å². The van der Waals surface area contributed by atoms with Crippen LogP contribution in [0.1, 0.15) is 31.2 Å². The standard InChI is InChI=1S/C19H27N5O/c1-2-23-13-10-21-18(23)16-22-11-3-12-24(15-14-22)19(25)5-4-17-6-8-20-9-7-17/h6-10,13H,2-5,11-12,14-16H2,1H3. The van der Waals surface area contributed by atoms with Gasteiger partial charge >= 0.3 is 0 Å². The first-order valence-corrected chi connectivity index (χ1v) is 9.15. The predicted octanol–water partition coefficient (Wildman–Crippen LogP) is 1.97. The van der Waals surface area contributed by atoms with Crippen LogP contribution in [0.15, 0.2) is 36.9 Å².